The number of halogens is 1. The van der Waals surface area contributed by atoms with Crippen LogP contribution >= 0.6 is 11.6 Å². The van der Waals surface area contributed by atoms with E-state index in [1.165, 1.54) is 32.4 Å². The first-order valence-electron chi connectivity index (χ1n) is 7.72. The van der Waals surface area contributed by atoms with Gasteiger partial charge in [0, 0.05) is 7.05 Å². The van der Waals surface area contributed by atoms with Crippen LogP contribution in [0.25, 0.3) is 0 Å². The molecule has 0 atom stereocenters. The lowest BCUT2D eigenvalue weighted by Gasteiger charge is -2.16. The first kappa shape index (κ1) is 20.4. The molecule has 0 aliphatic heterocycles. The van der Waals surface area contributed by atoms with E-state index in [1.54, 1.807) is 0 Å². The van der Waals surface area contributed by atoms with Crippen LogP contribution in [0.5, 0.6) is 0 Å². The SMILES string of the molecule is CON(C)S(=O)(=O)c1cc(C(=O)OCc2cc(C)ccc2C)ccc1Cl. The number of carbonyl (C=O) groups excluding carboxylic acids is 1. The zero-order valence-electron chi connectivity index (χ0n) is 14.9. The smallest absolute Gasteiger partial charge is 0.338 e. The van der Waals surface area contributed by atoms with Gasteiger partial charge in [0.2, 0.25) is 0 Å². The lowest BCUT2D eigenvalue weighted by atomic mass is 10.1. The second-order valence-electron chi connectivity index (χ2n) is 5.75. The summed E-state index contributed by atoms with van der Waals surface area (Å²) in [5.74, 6) is -0.640. The van der Waals surface area contributed by atoms with Crippen molar-refractivity contribution in [2.24, 2.45) is 0 Å². The minimum Gasteiger partial charge on any atom is -0.457 e. The lowest BCUT2D eigenvalue weighted by Crippen LogP contribution is -2.26. The Bertz CT molecular complexity index is 927. The molecule has 2 rings (SSSR count). The predicted molar refractivity (Wildman–Crippen MR) is 98.4 cm³/mol. The number of carbonyl (C=O) groups is 1. The highest BCUT2D eigenvalue weighted by Crippen LogP contribution is 2.26. The summed E-state index contributed by atoms with van der Waals surface area (Å²) in [7, 11) is -1.53. The molecule has 0 bridgehead atoms. The Morgan fingerprint density at radius 1 is 1.15 bits per heavy atom. The van der Waals surface area contributed by atoms with E-state index in [0.29, 0.717) is 4.47 Å². The number of hydrogen-bond acceptors (Lipinski definition) is 5. The summed E-state index contributed by atoms with van der Waals surface area (Å²) < 4.78 is 30.8. The van der Waals surface area contributed by atoms with Gasteiger partial charge in [-0.2, -0.15) is 0 Å². The van der Waals surface area contributed by atoms with Crippen LogP contribution in [-0.2, 0) is 26.2 Å². The summed E-state index contributed by atoms with van der Waals surface area (Å²) in [6.07, 6.45) is 0. The summed E-state index contributed by atoms with van der Waals surface area (Å²) in [5.41, 5.74) is 3.04. The number of rotatable bonds is 6. The van der Waals surface area contributed by atoms with Gasteiger partial charge in [-0.25, -0.2) is 13.2 Å². The van der Waals surface area contributed by atoms with Gasteiger partial charge in [-0.1, -0.05) is 39.8 Å². The van der Waals surface area contributed by atoms with Gasteiger partial charge in [0.15, 0.2) is 0 Å². The van der Waals surface area contributed by atoms with Gasteiger partial charge in [-0.05, 0) is 43.2 Å². The van der Waals surface area contributed by atoms with Crippen molar-refractivity contribution >= 4 is 27.6 Å². The fourth-order valence-corrected chi connectivity index (χ4v) is 3.72. The number of hydroxylamine groups is 1. The maximum atomic E-state index is 12.4. The Labute approximate surface area is 158 Å². The minimum absolute atomic E-state index is 0.0139. The molecule has 0 N–H and O–H groups in total. The molecule has 140 valence electrons. The van der Waals surface area contributed by atoms with Crippen LogP contribution in [0.3, 0.4) is 0 Å². The predicted octanol–water partition coefficient (Wildman–Crippen LogP) is 3.50. The topological polar surface area (TPSA) is 72.9 Å². The molecule has 0 unspecified atom stereocenters. The number of esters is 1. The van der Waals surface area contributed by atoms with Crippen molar-refractivity contribution in [3.63, 3.8) is 0 Å². The molecule has 0 heterocycles. The minimum atomic E-state index is -3.98. The van der Waals surface area contributed by atoms with Gasteiger partial charge in [-0.15, -0.1) is 0 Å². The third kappa shape index (κ3) is 4.42. The van der Waals surface area contributed by atoms with Crippen molar-refractivity contribution in [1.29, 1.82) is 0 Å². The molecule has 0 saturated heterocycles. The Morgan fingerprint density at radius 2 is 1.85 bits per heavy atom. The monoisotopic (exact) mass is 397 g/mol. The summed E-state index contributed by atoms with van der Waals surface area (Å²) in [5, 5.41) is -0.0139. The van der Waals surface area contributed by atoms with E-state index in [2.05, 4.69) is 0 Å². The molecule has 0 radical (unpaired) electrons. The van der Waals surface area contributed by atoms with Crippen molar-refractivity contribution < 1.29 is 22.8 Å². The molecule has 0 fully saturated rings. The second kappa shape index (κ2) is 8.18. The quantitative estimate of drug-likeness (QED) is 0.551. The van der Waals surface area contributed by atoms with Crippen molar-refractivity contribution in [2.75, 3.05) is 14.2 Å². The van der Waals surface area contributed by atoms with Gasteiger partial charge in [-0.3, -0.25) is 4.84 Å². The lowest BCUT2D eigenvalue weighted by molar-refractivity contribution is -0.0258. The zero-order valence-corrected chi connectivity index (χ0v) is 16.5. The van der Waals surface area contributed by atoms with Crippen LogP contribution in [0.4, 0.5) is 0 Å². The maximum absolute atomic E-state index is 12.4. The van der Waals surface area contributed by atoms with E-state index < -0.39 is 16.0 Å². The highest BCUT2D eigenvalue weighted by Gasteiger charge is 2.25. The van der Waals surface area contributed by atoms with Gasteiger partial charge in [0.1, 0.15) is 11.5 Å². The third-order valence-electron chi connectivity index (χ3n) is 3.90. The van der Waals surface area contributed by atoms with Crippen LogP contribution < -0.4 is 0 Å². The average molecular weight is 398 g/mol. The standard InChI is InChI=1S/C18H20ClNO5S/c1-12-5-6-13(2)15(9-12)11-25-18(21)14-7-8-16(19)17(10-14)26(22,23)20(3)24-4/h5-10H,11H2,1-4H3. The zero-order chi connectivity index (χ0) is 19.5. The van der Waals surface area contributed by atoms with Crippen LogP contribution in [0.2, 0.25) is 5.02 Å². The van der Waals surface area contributed by atoms with Crippen molar-refractivity contribution in [2.45, 2.75) is 25.3 Å². The number of hydrogen-bond donors (Lipinski definition) is 0. The van der Waals surface area contributed by atoms with E-state index in [0.717, 1.165) is 16.7 Å². The molecule has 2 aromatic carbocycles. The van der Waals surface area contributed by atoms with Crippen molar-refractivity contribution in [3.8, 4) is 0 Å². The molecule has 0 saturated carbocycles. The average Bonchev–Trinajstić information content (AvgIpc) is 2.61. The highest BCUT2D eigenvalue weighted by molar-refractivity contribution is 7.89. The molecule has 8 heteroatoms. The first-order chi connectivity index (χ1) is 12.2. The van der Waals surface area contributed by atoms with Crippen LogP contribution in [-0.4, -0.2) is 33.0 Å². The number of sulfonamides is 1. The normalized spacial score (nSPS) is 11.6. The number of nitrogens with zero attached hydrogens (tertiary/aromatic N) is 1. The Hall–Kier alpha value is -1.93. The number of ether oxygens (including phenoxy) is 1. The molecule has 6 nitrogen and oxygen atoms in total. The fourth-order valence-electron chi connectivity index (χ4n) is 2.25. The Kier molecular flexibility index (Phi) is 6.41. The van der Waals surface area contributed by atoms with Crippen LogP contribution in [0.15, 0.2) is 41.3 Å². The largest absolute Gasteiger partial charge is 0.457 e. The number of aryl methyl sites for hydroxylation is 2. The third-order valence-corrected chi connectivity index (χ3v) is 6.07. The maximum Gasteiger partial charge on any atom is 0.338 e. The van der Waals surface area contributed by atoms with Gasteiger partial charge in [0.05, 0.1) is 17.7 Å². The Morgan fingerprint density at radius 3 is 2.50 bits per heavy atom. The van der Waals surface area contributed by atoms with Crippen LogP contribution in [0, 0.1) is 13.8 Å². The van der Waals surface area contributed by atoms with E-state index in [1.807, 2.05) is 32.0 Å². The number of benzene rings is 2. The van der Waals surface area contributed by atoms with Gasteiger partial charge in [0.25, 0.3) is 10.0 Å². The molecule has 0 aromatic heterocycles. The van der Waals surface area contributed by atoms with E-state index in [4.69, 9.17) is 21.2 Å². The molecule has 0 spiro atoms. The second-order valence-corrected chi connectivity index (χ2v) is 8.06. The molecule has 0 aliphatic rings. The molecule has 0 amide bonds. The van der Waals surface area contributed by atoms with Crippen LogP contribution in [0.1, 0.15) is 27.0 Å². The van der Waals surface area contributed by atoms with E-state index in [-0.39, 0.29) is 22.1 Å². The van der Waals surface area contributed by atoms with Gasteiger partial charge < -0.3 is 4.74 Å². The highest BCUT2D eigenvalue weighted by atomic mass is 35.5. The summed E-state index contributed by atoms with van der Waals surface area (Å²) >= 11 is 5.98. The van der Waals surface area contributed by atoms with Crippen molar-refractivity contribution in [3.05, 3.63) is 63.7 Å². The van der Waals surface area contributed by atoms with Crippen molar-refractivity contribution in [1.82, 2.24) is 4.47 Å². The summed E-state index contributed by atoms with van der Waals surface area (Å²) in [6, 6.07) is 9.80. The first-order valence-corrected chi connectivity index (χ1v) is 9.54. The molecule has 0 aliphatic carbocycles. The summed E-state index contributed by atoms with van der Waals surface area (Å²) in [4.78, 5) is 16.8. The van der Waals surface area contributed by atoms with Gasteiger partial charge >= 0.3 is 5.97 Å². The molecular formula is C18H20ClNO5S. The van der Waals surface area contributed by atoms with E-state index >= 15 is 0 Å². The molecule has 2 aromatic rings. The summed E-state index contributed by atoms with van der Waals surface area (Å²) in [6.45, 7) is 3.97. The molecular weight excluding hydrogens is 378 g/mol. The fraction of sp³-hybridized carbons (Fsp3) is 0.278. The van der Waals surface area contributed by atoms with E-state index in [9.17, 15) is 13.2 Å². The molecule has 26 heavy (non-hydrogen) atoms. The Balaban J connectivity index is 2.25.